The number of nitrogens with zero attached hydrogens (tertiary/aromatic N) is 1. The van der Waals surface area contributed by atoms with Crippen LogP contribution in [0.1, 0.15) is 11.1 Å². The molecule has 5 heteroatoms. The lowest BCUT2D eigenvalue weighted by Crippen LogP contribution is -2.23. The summed E-state index contributed by atoms with van der Waals surface area (Å²) in [6.07, 6.45) is 1.60. The molecule has 1 N–H and O–H groups in total. The van der Waals surface area contributed by atoms with Gasteiger partial charge in [-0.1, -0.05) is 45.5 Å². The van der Waals surface area contributed by atoms with Gasteiger partial charge in [-0.2, -0.15) is 0 Å². The Hall–Kier alpha value is -1.72. The van der Waals surface area contributed by atoms with Gasteiger partial charge in [-0.15, -0.1) is 0 Å². The molecule has 1 unspecified atom stereocenters. The van der Waals surface area contributed by atoms with Gasteiger partial charge >= 0.3 is 0 Å². The van der Waals surface area contributed by atoms with Crippen molar-refractivity contribution in [3.63, 3.8) is 0 Å². The largest absolute Gasteiger partial charge is 0.302 e. The standard InChI is InChI=1S/C17H13BrN2OS/c18-13-6-5-10-7-12(8-11(10)9-13)16(21)20-17-19-14-3-1-2-4-15(14)22-17/h1-6,9,12H,7-8H2,(H,19,20,21). The summed E-state index contributed by atoms with van der Waals surface area (Å²) in [5.74, 6) is 0.0580. The van der Waals surface area contributed by atoms with E-state index in [2.05, 4.69) is 38.4 Å². The zero-order chi connectivity index (χ0) is 15.1. The van der Waals surface area contributed by atoms with Crippen LogP contribution in [0, 0.1) is 5.92 Å². The summed E-state index contributed by atoms with van der Waals surface area (Å²) < 4.78 is 2.16. The first-order valence-corrected chi connectivity index (χ1v) is 8.74. The normalized spacial score (nSPS) is 16.7. The van der Waals surface area contributed by atoms with Gasteiger partial charge in [0.1, 0.15) is 0 Å². The minimum absolute atomic E-state index is 0.00341. The van der Waals surface area contributed by atoms with Crippen molar-refractivity contribution in [3.05, 3.63) is 58.1 Å². The summed E-state index contributed by atoms with van der Waals surface area (Å²) in [6, 6.07) is 14.2. The van der Waals surface area contributed by atoms with Gasteiger partial charge < -0.3 is 5.32 Å². The van der Waals surface area contributed by atoms with Crippen molar-refractivity contribution in [1.82, 2.24) is 4.98 Å². The molecule has 1 heterocycles. The maximum atomic E-state index is 12.5. The van der Waals surface area contributed by atoms with Crippen LogP contribution >= 0.6 is 27.3 Å². The highest BCUT2D eigenvalue weighted by molar-refractivity contribution is 9.10. The van der Waals surface area contributed by atoms with Crippen molar-refractivity contribution < 1.29 is 4.79 Å². The molecule has 2 aromatic carbocycles. The van der Waals surface area contributed by atoms with Gasteiger partial charge in [-0.3, -0.25) is 4.79 Å². The second kappa shape index (κ2) is 5.48. The Morgan fingerprint density at radius 1 is 1.18 bits per heavy atom. The molecule has 1 aliphatic carbocycles. The molecule has 22 heavy (non-hydrogen) atoms. The number of fused-ring (bicyclic) bond motifs is 2. The second-order valence-corrected chi connectivity index (χ2v) is 7.44. The predicted octanol–water partition coefficient (Wildman–Crippen LogP) is 4.41. The molecule has 0 aliphatic heterocycles. The topological polar surface area (TPSA) is 42.0 Å². The van der Waals surface area contributed by atoms with E-state index in [9.17, 15) is 4.79 Å². The molecular weight excluding hydrogens is 360 g/mol. The molecule has 0 bridgehead atoms. The fraction of sp³-hybridized carbons (Fsp3) is 0.176. The monoisotopic (exact) mass is 372 g/mol. The van der Waals surface area contributed by atoms with Crippen molar-refractivity contribution in [2.75, 3.05) is 5.32 Å². The minimum Gasteiger partial charge on any atom is -0.302 e. The molecule has 0 fully saturated rings. The number of carbonyl (C=O) groups excluding carboxylic acids is 1. The van der Waals surface area contributed by atoms with Crippen LogP contribution in [-0.4, -0.2) is 10.9 Å². The molecular formula is C17H13BrN2OS. The average Bonchev–Trinajstić information content (AvgIpc) is 3.09. The fourth-order valence-electron chi connectivity index (χ4n) is 2.91. The first-order valence-electron chi connectivity index (χ1n) is 7.13. The highest BCUT2D eigenvalue weighted by atomic mass is 79.9. The smallest absolute Gasteiger partial charge is 0.229 e. The zero-order valence-electron chi connectivity index (χ0n) is 11.7. The second-order valence-electron chi connectivity index (χ2n) is 5.49. The van der Waals surface area contributed by atoms with Crippen molar-refractivity contribution >= 4 is 48.5 Å². The number of benzene rings is 2. The third-order valence-electron chi connectivity index (χ3n) is 4.00. The number of amides is 1. The van der Waals surface area contributed by atoms with E-state index in [4.69, 9.17) is 0 Å². The molecule has 1 amide bonds. The van der Waals surface area contributed by atoms with Gasteiger partial charge in [0.2, 0.25) is 5.91 Å². The van der Waals surface area contributed by atoms with Crippen LogP contribution in [0.3, 0.4) is 0 Å². The number of halogens is 1. The van der Waals surface area contributed by atoms with E-state index in [1.165, 1.54) is 22.5 Å². The lowest BCUT2D eigenvalue weighted by Gasteiger charge is -2.07. The molecule has 1 atom stereocenters. The molecule has 1 aliphatic rings. The number of aromatic nitrogens is 1. The zero-order valence-corrected chi connectivity index (χ0v) is 14.1. The molecule has 3 aromatic rings. The number of hydrogen-bond acceptors (Lipinski definition) is 3. The highest BCUT2D eigenvalue weighted by Crippen LogP contribution is 2.31. The Bertz CT molecular complexity index is 841. The molecule has 0 radical (unpaired) electrons. The van der Waals surface area contributed by atoms with Gasteiger partial charge in [0.05, 0.1) is 10.2 Å². The minimum atomic E-state index is -0.00341. The first kappa shape index (κ1) is 13.9. The molecule has 110 valence electrons. The van der Waals surface area contributed by atoms with Crippen molar-refractivity contribution in [1.29, 1.82) is 0 Å². The van der Waals surface area contributed by atoms with E-state index in [1.54, 1.807) is 0 Å². The van der Waals surface area contributed by atoms with Crippen LogP contribution < -0.4 is 5.32 Å². The third kappa shape index (κ3) is 2.55. The average molecular weight is 373 g/mol. The molecule has 0 saturated carbocycles. The third-order valence-corrected chi connectivity index (χ3v) is 5.44. The number of thiazole rings is 1. The lowest BCUT2D eigenvalue weighted by molar-refractivity contribution is -0.119. The number of anilines is 1. The van der Waals surface area contributed by atoms with Crippen molar-refractivity contribution in [3.8, 4) is 0 Å². The number of carbonyl (C=O) groups is 1. The van der Waals surface area contributed by atoms with E-state index in [1.807, 2.05) is 30.3 Å². The summed E-state index contributed by atoms with van der Waals surface area (Å²) in [5.41, 5.74) is 3.47. The molecule has 4 rings (SSSR count). The molecule has 0 saturated heterocycles. The van der Waals surface area contributed by atoms with Crippen LogP contribution in [0.5, 0.6) is 0 Å². The number of nitrogens with one attached hydrogen (secondary N) is 1. The molecule has 1 aromatic heterocycles. The fourth-order valence-corrected chi connectivity index (χ4v) is 4.18. The Labute approximate surface area is 140 Å². The van der Waals surface area contributed by atoms with Crippen LogP contribution in [0.15, 0.2) is 46.9 Å². The summed E-state index contributed by atoms with van der Waals surface area (Å²) in [5, 5.41) is 3.66. The number of hydrogen-bond donors (Lipinski definition) is 1. The van der Waals surface area contributed by atoms with E-state index >= 15 is 0 Å². The molecule has 3 nitrogen and oxygen atoms in total. The van der Waals surface area contributed by atoms with E-state index in [0.29, 0.717) is 5.13 Å². The Kier molecular flexibility index (Phi) is 3.47. The molecule has 0 spiro atoms. The Balaban J connectivity index is 1.51. The maximum Gasteiger partial charge on any atom is 0.229 e. The van der Waals surface area contributed by atoms with Gasteiger partial charge in [0.15, 0.2) is 5.13 Å². The van der Waals surface area contributed by atoms with Crippen LogP contribution in [0.25, 0.3) is 10.2 Å². The summed E-state index contributed by atoms with van der Waals surface area (Å²) in [7, 11) is 0. The van der Waals surface area contributed by atoms with E-state index < -0.39 is 0 Å². The van der Waals surface area contributed by atoms with Crippen LogP contribution in [0.2, 0.25) is 0 Å². The van der Waals surface area contributed by atoms with Crippen molar-refractivity contribution in [2.45, 2.75) is 12.8 Å². The quantitative estimate of drug-likeness (QED) is 0.723. The SMILES string of the molecule is O=C(Nc1nc2ccccc2s1)C1Cc2ccc(Br)cc2C1. The van der Waals surface area contributed by atoms with E-state index in [0.717, 1.165) is 27.5 Å². The van der Waals surface area contributed by atoms with Crippen LogP contribution in [-0.2, 0) is 17.6 Å². The van der Waals surface area contributed by atoms with Crippen molar-refractivity contribution in [2.24, 2.45) is 5.92 Å². The number of para-hydroxylation sites is 1. The van der Waals surface area contributed by atoms with Gasteiger partial charge in [-0.25, -0.2) is 4.98 Å². The maximum absolute atomic E-state index is 12.5. The Morgan fingerprint density at radius 2 is 2.00 bits per heavy atom. The van der Waals surface area contributed by atoms with Crippen LogP contribution in [0.4, 0.5) is 5.13 Å². The lowest BCUT2D eigenvalue weighted by atomic mass is 10.1. The summed E-state index contributed by atoms with van der Waals surface area (Å²) in [4.78, 5) is 17.0. The summed E-state index contributed by atoms with van der Waals surface area (Å²) >= 11 is 5.01. The van der Waals surface area contributed by atoms with Gasteiger partial charge in [0.25, 0.3) is 0 Å². The predicted molar refractivity (Wildman–Crippen MR) is 93.3 cm³/mol. The van der Waals surface area contributed by atoms with Gasteiger partial charge in [0, 0.05) is 10.4 Å². The summed E-state index contributed by atoms with van der Waals surface area (Å²) in [6.45, 7) is 0. The Morgan fingerprint density at radius 3 is 2.86 bits per heavy atom. The number of rotatable bonds is 2. The van der Waals surface area contributed by atoms with E-state index in [-0.39, 0.29) is 11.8 Å². The first-order chi connectivity index (χ1) is 10.7. The van der Waals surface area contributed by atoms with Gasteiger partial charge in [-0.05, 0) is 48.2 Å². The highest BCUT2D eigenvalue weighted by Gasteiger charge is 2.28.